The van der Waals surface area contributed by atoms with Gasteiger partial charge >= 0.3 is 0 Å². The number of rotatable bonds is 0. The van der Waals surface area contributed by atoms with Crippen molar-refractivity contribution in [1.29, 1.82) is 0 Å². The first-order chi connectivity index (χ1) is 4.73. The monoisotopic (exact) mass is 137 g/mol. The lowest BCUT2D eigenvalue weighted by molar-refractivity contribution is 0.214. The molecular weight excluding hydrogens is 122 g/mol. The molecule has 0 radical (unpaired) electrons. The van der Waals surface area contributed by atoms with Crippen molar-refractivity contribution in [2.24, 2.45) is 5.41 Å². The van der Waals surface area contributed by atoms with Gasteiger partial charge in [-0.05, 0) is 44.8 Å². The molecule has 1 heteroatoms. The second-order valence-corrected chi connectivity index (χ2v) is 3.86. The van der Waals surface area contributed by atoms with Gasteiger partial charge in [0.25, 0.3) is 0 Å². The van der Waals surface area contributed by atoms with Crippen LogP contribution in [0.3, 0.4) is 0 Å². The first kappa shape index (κ1) is 6.41. The van der Waals surface area contributed by atoms with Crippen molar-refractivity contribution in [3.8, 4) is 0 Å². The van der Waals surface area contributed by atoms with Crippen molar-refractivity contribution >= 4 is 0 Å². The zero-order valence-electron chi connectivity index (χ0n) is 6.69. The molecule has 2 rings (SSSR count). The summed E-state index contributed by atoms with van der Waals surface area (Å²) in [5.41, 5.74) is 2.15. The third kappa shape index (κ3) is 0.807. The van der Waals surface area contributed by atoms with Gasteiger partial charge < -0.3 is 4.90 Å². The van der Waals surface area contributed by atoms with E-state index in [0.717, 1.165) is 0 Å². The van der Waals surface area contributed by atoms with Crippen molar-refractivity contribution in [1.82, 2.24) is 4.90 Å². The Bertz CT molecular complexity index is 164. The summed E-state index contributed by atoms with van der Waals surface area (Å²) >= 11 is 0. The third-order valence-electron chi connectivity index (χ3n) is 3.12. The Balaban J connectivity index is 1.99. The molecular formula is C9H15N. The minimum atomic E-state index is 0.631. The highest BCUT2D eigenvalue weighted by atomic mass is 15.1. The Kier molecular flexibility index (Phi) is 1.19. The normalized spacial score (nSPS) is 31.1. The minimum Gasteiger partial charge on any atom is -0.306 e. The van der Waals surface area contributed by atoms with Crippen LogP contribution < -0.4 is 0 Å². The molecule has 1 heterocycles. The van der Waals surface area contributed by atoms with E-state index in [-0.39, 0.29) is 0 Å². The second-order valence-electron chi connectivity index (χ2n) is 3.86. The lowest BCUT2D eigenvalue weighted by atomic mass is 9.93. The van der Waals surface area contributed by atoms with Crippen molar-refractivity contribution in [3.05, 3.63) is 12.2 Å². The second kappa shape index (κ2) is 1.85. The Morgan fingerprint density at radius 2 is 1.90 bits per heavy atom. The molecule has 56 valence electrons. The van der Waals surface area contributed by atoms with Crippen LogP contribution in [0.5, 0.6) is 0 Å². The Labute approximate surface area is 62.7 Å². The SMILES string of the molecule is C=C1CC12CCN(C)CC2. The van der Waals surface area contributed by atoms with Gasteiger partial charge in [0.15, 0.2) is 0 Å². The fourth-order valence-corrected chi connectivity index (χ4v) is 1.94. The number of nitrogens with zero attached hydrogens (tertiary/aromatic N) is 1. The number of hydrogen-bond acceptors (Lipinski definition) is 1. The first-order valence-corrected chi connectivity index (χ1v) is 4.10. The van der Waals surface area contributed by atoms with Crippen LogP contribution in [0.15, 0.2) is 12.2 Å². The molecule has 0 atom stereocenters. The average Bonchev–Trinajstić information content (AvgIpc) is 2.53. The summed E-state index contributed by atoms with van der Waals surface area (Å²) in [4.78, 5) is 2.41. The zero-order chi connectivity index (χ0) is 7.19. The number of likely N-dealkylation sites (tertiary alicyclic amines) is 1. The highest BCUT2D eigenvalue weighted by Gasteiger charge is 2.47. The largest absolute Gasteiger partial charge is 0.306 e. The van der Waals surface area contributed by atoms with Gasteiger partial charge in [-0.3, -0.25) is 0 Å². The smallest absolute Gasteiger partial charge is 0.00133 e. The van der Waals surface area contributed by atoms with E-state index < -0.39 is 0 Å². The zero-order valence-corrected chi connectivity index (χ0v) is 6.69. The van der Waals surface area contributed by atoms with Crippen molar-refractivity contribution < 1.29 is 0 Å². The van der Waals surface area contributed by atoms with Gasteiger partial charge in [-0.1, -0.05) is 12.2 Å². The van der Waals surface area contributed by atoms with E-state index in [1.165, 1.54) is 37.9 Å². The average molecular weight is 137 g/mol. The quantitative estimate of drug-likeness (QED) is 0.459. The Morgan fingerprint density at radius 1 is 1.40 bits per heavy atom. The van der Waals surface area contributed by atoms with E-state index in [1.54, 1.807) is 0 Å². The first-order valence-electron chi connectivity index (χ1n) is 4.10. The van der Waals surface area contributed by atoms with Crippen molar-refractivity contribution in [3.63, 3.8) is 0 Å². The standard InChI is InChI=1S/C9H15N/c1-8-7-9(8)3-5-10(2)6-4-9/h1,3-7H2,2H3. The maximum absolute atomic E-state index is 4.05. The van der Waals surface area contributed by atoms with Crippen molar-refractivity contribution in [2.45, 2.75) is 19.3 Å². The molecule has 10 heavy (non-hydrogen) atoms. The molecule has 0 aromatic rings. The van der Waals surface area contributed by atoms with Crippen LogP contribution >= 0.6 is 0 Å². The molecule has 1 spiro atoms. The summed E-state index contributed by atoms with van der Waals surface area (Å²) in [7, 11) is 2.21. The molecule has 2 aliphatic rings. The molecule has 1 saturated carbocycles. The van der Waals surface area contributed by atoms with E-state index in [2.05, 4.69) is 18.5 Å². The summed E-state index contributed by atoms with van der Waals surface area (Å²) in [5.74, 6) is 0. The summed E-state index contributed by atoms with van der Waals surface area (Å²) in [6, 6.07) is 0. The van der Waals surface area contributed by atoms with Crippen molar-refractivity contribution in [2.75, 3.05) is 20.1 Å². The third-order valence-corrected chi connectivity index (χ3v) is 3.12. The van der Waals surface area contributed by atoms with Crippen LogP contribution in [0.4, 0.5) is 0 Å². The highest BCUT2D eigenvalue weighted by Crippen LogP contribution is 2.57. The van der Waals surface area contributed by atoms with Gasteiger partial charge in [0, 0.05) is 0 Å². The minimum absolute atomic E-state index is 0.631. The van der Waals surface area contributed by atoms with E-state index in [0.29, 0.717) is 5.41 Å². The van der Waals surface area contributed by atoms with Crippen LogP contribution in [0.1, 0.15) is 19.3 Å². The number of hydrogen-bond donors (Lipinski definition) is 0. The number of allylic oxidation sites excluding steroid dienone is 1. The molecule has 1 aliphatic carbocycles. The summed E-state index contributed by atoms with van der Waals surface area (Å²) in [6.45, 7) is 6.60. The predicted octanol–water partition coefficient (Wildman–Crippen LogP) is 1.66. The van der Waals surface area contributed by atoms with Gasteiger partial charge in [-0.25, -0.2) is 0 Å². The molecule has 1 saturated heterocycles. The molecule has 0 amide bonds. The van der Waals surface area contributed by atoms with Crippen LogP contribution in [0.2, 0.25) is 0 Å². The molecule has 0 N–H and O–H groups in total. The summed E-state index contributed by atoms with van der Waals surface area (Å²) in [5, 5.41) is 0. The Hall–Kier alpha value is -0.300. The summed E-state index contributed by atoms with van der Waals surface area (Å²) in [6.07, 6.45) is 4.05. The number of piperidine rings is 1. The van der Waals surface area contributed by atoms with E-state index in [4.69, 9.17) is 0 Å². The maximum Gasteiger partial charge on any atom is -0.00133 e. The Morgan fingerprint density at radius 3 is 2.30 bits per heavy atom. The van der Waals surface area contributed by atoms with Crippen LogP contribution in [-0.4, -0.2) is 25.0 Å². The topological polar surface area (TPSA) is 3.24 Å². The van der Waals surface area contributed by atoms with Crippen LogP contribution in [-0.2, 0) is 0 Å². The fraction of sp³-hybridized carbons (Fsp3) is 0.778. The van der Waals surface area contributed by atoms with Gasteiger partial charge in [0.05, 0.1) is 0 Å². The fourth-order valence-electron chi connectivity index (χ4n) is 1.94. The molecule has 0 aromatic carbocycles. The van der Waals surface area contributed by atoms with Gasteiger partial charge in [0.2, 0.25) is 0 Å². The predicted molar refractivity (Wildman–Crippen MR) is 42.9 cm³/mol. The molecule has 1 nitrogen and oxygen atoms in total. The molecule has 0 bridgehead atoms. The van der Waals surface area contributed by atoms with E-state index in [9.17, 15) is 0 Å². The summed E-state index contributed by atoms with van der Waals surface area (Å²) < 4.78 is 0. The molecule has 0 aromatic heterocycles. The van der Waals surface area contributed by atoms with Crippen LogP contribution in [0.25, 0.3) is 0 Å². The van der Waals surface area contributed by atoms with E-state index in [1.807, 2.05) is 0 Å². The van der Waals surface area contributed by atoms with Gasteiger partial charge in [-0.2, -0.15) is 0 Å². The van der Waals surface area contributed by atoms with Gasteiger partial charge in [0.1, 0.15) is 0 Å². The lowest BCUT2D eigenvalue weighted by Crippen LogP contribution is -2.31. The molecule has 1 aliphatic heterocycles. The molecule has 2 fully saturated rings. The molecule has 0 unspecified atom stereocenters. The lowest BCUT2D eigenvalue weighted by Gasteiger charge is -2.28. The maximum atomic E-state index is 4.05. The van der Waals surface area contributed by atoms with E-state index >= 15 is 0 Å². The van der Waals surface area contributed by atoms with Crippen LogP contribution in [0, 0.1) is 5.41 Å². The highest BCUT2D eigenvalue weighted by molar-refractivity contribution is 5.30. The van der Waals surface area contributed by atoms with Gasteiger partial charge in [-0.15, -0.1) is 0 Å².